The summed E-state index contributed by atoms with van der Waals surface area (Å²) < 4.78 is 5.71. The number of hydrogen-bond donors (Lipinski definition) is 3. The monoisotopic (exact) mass is 593 g/mol. The van der Waals surface area contributed by atoms with Gasteiger partial charge in [0, 0.05) is 27.4 Å². The summed E-state index contributed by atoms with van der Waals surface area (Å²) in [6, 6.07) is 29.1. The van der Waals surface area contributed by atoms with Crippen LogP contribution < -0.4 is 20.7 Å². The number of rotatable bonds is 11. The number of hydrogen-bond acceptors (Lipinski definition) is 5. The molecule has 0 aliphatic heterocycles. The fourth-order valence-electron chi connectivity index (χ4n) is 4.29. The third-order valence-corrected chi connectivity index (χ3v) is 7.68. The lowest BCUT2D eigenvalue weighted by Crippen LogP contribution is -2.30. The Morgan fingerprint density at radius 3 is 2.14 bits per heavy atom. The molecule has 1 unspecified atom stereocenters. The van der Waals surface area contributed by atoms with Crippen LogP contribution in [0.5, 0.6) is 5.75 Å². The highest BCUT2D eigenvalue weighted by atomic mass is 32.2. The van der Waals surface area contributed by atoms with E-state index in [1.165, 1.54) is 11.8 Å². The van der Waals surface area contributed by atoms with Crippen LogP contribution >= 0.6 is 11.8 Å². The summed E-state index contributed by atoms with van der Waals surface area (Å²) in [6.45, 7) is 8.14. The standard InChI is InChI=1S/C35H35N3O4S/c1-5-42-31-17-10-9-16-27(31)22-30(37-34(40)26-14-7-6-8-15-26)35(41)36-28-18-20-29(21-19-28)43-25(4)33(39)38-32-23(2)12-11-13-24(32)3/h6-22,25H,5H2,1-4H3,(H,36,41)(H,37,40)(H,38,39)/b30-22-. The van der Waals surface area contributed by atoms with Crippen LogP contribution in [0.25, 0.3) is 6.08 Å². The summed E-state index contributed by atoms with van der Waals surface area (Å²) in [6.07, 6.45) is 1.60. The fraction of sp³-hybridized carbons (Fsp3) is 0.171. The van der Waals surface area contributed by atoms with E-state index in [1.807, 2.05) is 88.4 Å². The number of anilines is 2. The number of ether oxygens (including phenoxy) is 1. The highest BCUT2D eigenvalue weighted by Crippen LogP contribution is 2.27. The van der Waals surface area contributed by atoms with Gasteiger partial charge in [0.25, 0.3) is 11.8 Å². The van der Waals surface area contributed by atoms with Crippen LogP contribution in [0, 0.1) is 13.8 Å². The number of carbonyl (C=O) groups is 3. The lowest BCUT2D eigenvalue weighted by atomic mass is 10.1. The molecule has 3 N–H and O–H groups in total. The lowest BCUT2D eigenvalue weighted by molar-refractivity contribution is -0.115. The Bertz CT molecular complexity index is 1600. The van der Waals surface area contributed by atoms with Crippen molar-refractivity contribution >= 4 is 46.9 Å². The minimum Gasteiger partial charge on any atom is -0.493 e. The Hall–Kier alpha value is -4.82. The third-order valence-electron chi connectivity index (χ3n) is 6.57. The average molecular weight is 594 g/mol. The highest BCUT2D eigenvalue weighted by Gasteiger charge is 2.18. The zero-order chi connectivity index (χ0) is 30.8. The number of nitrogens with one attached hydrogen (secondary N) is 3. The van der Waals surface area contributed by atoms with E-state index in [0.717, 1.165) is 21.7 Å². The smallest absolute Gasteiger partial charge is 0.272 e. The Morgan fingerprint density at radius 2 is 1.47 bits per heavy atom. The van der Waals surface area contributed by atoms with Crippen LogP contribution in [0.2, 0.25) is 0 Å². The van der Waals surface area contributed by atoms with Gasteiger partial charge in [0.1, 0.15) is 11.4 Å². The number of para-hydroxylation sites is 2. The van der Waals surface area contributed by atoms with Gasteiger partial charge in [-0.3, -0.25) is 14.4 Å². The summed E-state index contributed by atoms with van der Waals surface area (Å²) >= 11 is 1.42. The molecule has 1 atom stereocenters. The van der Waals surface area contributed by atoms with Gasteiger partial charge in [0.2, 0.25) is 5.91 Å². The van der Waals surface area contributed by atoms with Crippen LogP contribution in [0.15, 0.2) is 108 Å². The molecular formula is C35H35N3O4S. The van der Waals surface area contributed by atoms with Crippen molar-refractivity contribution in [2.75, 3.05) is 17.2 Å². The normalized spacial score (nSPS) is 11.8. The molecule has 0 aliphatic rings. The summed E-state index contributed by atoms with van der Waals surface area (Å²) in [5.74, 6) is -0.384. The molecule has 0 fully saturated rings. The van der Waals surface area contributed by atoms with E-state index in [1.54, 1.807) is 42.5 Å². The molecule has 4 aromatic rings. The van der Waals surface area contributed by atoms with Crippen molar-refractivity contribution in [3.63, 3.8) is 0 Å². The van der Waals surface area contributed by atoms with Crippen LogP contribution in [0.3, 0.4) is 0 Å². The minimum absolute atomic E-state index is 0.0660. The maximum atomic E-state index is 13.4. The van der Waals surface area contributed by atoms with E-state index in [4.69, 9.17) is 4.74 Å². The Morgan fingerprint density at radius 1 is 0.814 bits per heavy atom. The van der Waals surface area contributed by atoms with Crippen molar-refractivity contribution in [2.45, 2.75) is 37.8 Å². The van der Waals surface area contributed by atoms with Crippen molar-refractivity contribution in [1.82, 2.24) is 5.32 Å². The number of thioether (sulfide) groups is 1. The van der Waals surface area contributed by atoms with Gasteiger partial charge in [-0.05, 0) is 87.4 Å². The topological polar surface area (TPSA) is 96.5 Å². The van der Waals surface area contributed by atoms with Gasteiger partial charge >= 0.3 is 0 Å². The molecule has 0 aliphatic carbocycles. The largest absolute Gasteiger partial charge is 0.493 e. The van der Waals surface area contributed by atoms with Crippen molar-refractivity contribution in [2.24, 2.45) is 0 Å². The molecule has 0 radical (unpaired) electrons. The SMILES string of the molecule is CCOc1ccccc1/C=C(\NC(=O)c1ccccc1)C(=O)Nc1ccc(SC(C)C(=O)Nc2c(C)cccc2C)cc1. The first-order valence-electron chi connectivity index (χ1n) is 14.0. The Kier molecular flexibility index (Phi) is 10.8. The molecule has 0 heterocycles. The molecule has 0 spiro atoms. The predicted molar refractivity (Wildman–Crippen MR) is 174 cm³/mol. The predicted octanol–water partition coefficient (Wildman–Crippen LogP) is 7.23. The number of amides is 3. The summed E-state index contributed by atoms with van der Waals surface area (Å²) in [5.41, 5.74) is 4.56. The molecule has 43 heavy (non-hydrogen) atoms. The zero-order valence-electron chi connectivity index (χ0n) is 24.6. The molecule has 8 heteroatoms. The Labute approximate surface area is 256 Å². The van der Waals surface area contributed by atoms with Gasteiger partial charge in [-0.2, -0.15) is 0 Å². The van der Waals surface area contributed by atoms with Gasteiger partial charge < -0.3 is 20.7 Å². The first kappa shape index (κ1) is 31.1. The molecule has 0 bridgehead atoms. The second-order valence-electron chi connectivity index (χ2n) is 9.84. The van der Waals surface area contributed by atoms with Crippen molar-refractivity contribution in [1.29, 1.82) is 0 Å². The number of aryl methyl sites for hydroxylation is 2. The van der Waals surface area contributed by atoms with Gasteiger partial charge in [-0.25, -0.2) is 0 Å². The molecule has 3 amide bonds. The molecule has 0 saturated carbocycles. The molecule has 4 aromatic carbocycles. The van der Waals surface area contributed by atoms with Gasteiger partial charge in [0.15, 0.2) is 0 Å². The van der Waals surface area contributed by atoms with E-state index >= 15 is 0 Å². The van der Waals surface area contributed by atoms with Crippen LogP contribution in [0.1, 0.15) is 40.9 Å². The molecule has 7 nitrogen and oxygen atoms in total. The van der Waals surface area contributed by atoms with Gasteiger partial charge in [-0.1, -0.05) is 54.6 Å². The van der Waals surface area contributed by atoms with Crippen LogP contribution in [0.4, 0.5) is 11.4 Å². The highest BCUT2D eigenvalue weighted by molar-refractivity contribution is 8.00. The van der Waals surface area contributed by atoms with E-state index < -0.39 is 11.8 Å². The van der Waals surface area contributed by atoms with Gasteiger partial charge in [-0.15, -0.1) is 11.8 Å². The lowest BCUT2D eigenvalue weighted by Gasteiger charge is -2.16. The molecule has 4 rings (SSSR count). The number of benzene rings is 4. The zero-order valence-corrected chi connectivity index (χ0v) is 25.5. The summed E-state index contributed by atoms with van der Waals surface area (Å²) in [5, 5.41) is 8.32. The second-order valence-corrected chi connectivity index (χ2v) is 11.3. The van der Waals surface area contributed by atoms with Gasteiger partial charge in [0.05, 0.1) is 11.9 Å². The van der Waals surface area contributed by atoms with Crippen LogP contribution in [-0.2, 0) is 9.59 Å². The first-order valence-corrected chi connectivity index (χ1v) is 14.9. The maximum absolute atomic E-state index is 13.4. The molecular weight excluding hydrogens is 558 g/mol. The van der Waals surface area contributed by atoms with E-state index in [2.05, 4.69) is 16.0 Å². The average Bonchev–Trinajstić information content (AvgIpc) is 3.01. The van der Waals surface area contributed by atoms with E-state index in [-0.39, 0.29) is 16.9 Å². The maximum Gasteiger partial charge on any atom is 0.272 e. The van der Waals surface area contributed by atoms with Crippen molar-refractivity contribution in [3.05, 3.63) is 125 Å². The van der Waals surface area contributed by atoms with Crippen molar-refractivity contribution in [3.8, 4) is 5.75 Å². The van der Waals surface area contributed by atoms with E-state index in [0.29, 0.717) is 29.2 Å². The minimum atomic E-state index is -0.489. The van der Waals surface area contributed by atoms with Crippen LogP contribution in [-0.4, -0.2) is 29.6 Å². The summed E-state index contributed by atoms with van der Waals surface area (Å²) in [4.78, 5) is 40.2. The first-order chi connectivity index (χ1) is 20.7. The van der Waals surface area contributed by atoms with Crippen molar-refractivity contribution < 1.29 is 19.1 Å². The Balaban J connectivity index is 1.47. The molecule has 220 valence electrons. The quantitative estimate of drug-likeness (QED) is 0.126. The number of carbonyl (C=O) groups excluding carboxylic acids is 3. The molecule has 0 aromatic heterocycles. The van der Waals surface area contributed by atoms with E-state index in [9.17, 15) is 14.4 Å². The second kappa shape index (κ2) is 14.9. The molecule has 0 saturated heterocycles. The fourth-order valence-corrected chi connectivity index (χ4v) is 5.16. The third kappa shape index (κ3) is 8.59. The summed E-state index contributed by atoms with van der Waals surface area (Å²) in [7, 11) is 0.